The lowest BCUT2D eigenvalue weighted by Crippen LogP contribution is -2.38. The number of hydrogen-bond donors (Lipinski definition) is 3. The van der Waals surface area contributed by atoms with Gasteiger partial charge in [0.1, 0.15) is 6.61 Å². The van der Waals surface area contributed by atoms with Gasteiger partial charge < -0.3 is 24.8 Å². The molecule has 0 aromatic heterocycles. The highest BCUT2D eigenvalue weighted by molar-refractivity contribution is 5.72. The van der Waals surface area contributed by atoms with E-state index >= 15 is 0 Å². The molecule has 2 atom stereocenters. The monoisotopic (exact) mass is 194 g/mol. The van der Waals surface area contributed by atoms with Crippen molar-refractivity contribution in [3.8, 4) is 0 Å². The van der Waals surface area contributed by atoms with Crippen molar-refractivity contribution in [3.05, 3.63) is 0 Å². The van der Waals surface area contributed by atoms with Crippen molar-refractivity contribution in [3.63, 3.8) is 0 Å². The number of carboxylic acid groups (broad SMARTS) is 2. The molecule has 0 fully saturated rings. The number of methoxy groups -OCH3 is 1. The largest absolute Gasteiger partial charge is 0.480 e. The minimum Gasteiger partial charge on any atom is -0.480 e. The van der Waals surface area contributed by atoms with Crippen molar-refractivity contribution < 1.29 is 34.4 Å². The van der Waals surface area contributed by atoms with E-state index in [1.54, 1.807) is 0 Å². The highest BCUT2D eigenvalue weighted by Gasteiger charge is 2.26. The first-order valence-electron chi connectivity index (χ1n) is 3.26. The fraction of sp³-hybridized carbons (Fsp3) is 0.667. The molecular formula is C6H10O7. The van der Waals surface area contributed by atoms with Crippen LogP contribution in [0.3, 0.4) is 0 Å². The van der Waals surface area contributed by atoms with Crippen molar-refractivity contribution in [1.29, 1.82) is 0 Å². The second-order valence-electron chi connectivity index (χ2n) is 2.09. The van der Waals surface area contributed by atoms with Gasteiger partial charge >= 0.3 is 11.9 Å². The van der Waals surface area contributed by atoms with Gasteiger partial charge in [0, 0.05) is 7.11 Å². The molecule has 0 unspecified atom stereocenters. The highest BCUT2D eigenvalue weighted by atomic mass is 16.7. The van der Waals surface area contributed by atoms with Gasteiger partial charge in [-0.3, -0.25) is 0 Å². The zero-order valence-electron chi connectivity index (χ0n) is 6.84. The molecule has 0 aliphatic heterocycles. The van der Waals surface area contributed by atoms with Crippen LogP contribution in [0, 0.1) is 0 Å². The van der Waals surface area contributed by atoms with Crippen LogP contribution in [0.15, 0.2) is 0 Å². The highest BCUT2D eigenvalue weighted by Crippen LogP contribution is 2.00. The Morgan fingerprint density at radius 2 is 1.92 bits per heavy atom. The molecule has 0 heterocycles. The Balaban J connectivity index is 4.02. The Hall–Kier alpha value is -1.18. The molecule has 0 saturated heterocycles. The fourth-order valence-corrected chi connectivity index (χ4v) is 0.558. The van der Waals surface area contributed by atoms with E-state index in [2.05, 4.69) is 9.47 Å². The minimum absolute atomic E-state index is 0.733. The van der Waals surface area contributed by atoms with Crippen LogP contribution in [-0.2, 0) is 19.1 Å². The van der Waals surface area contributed by atoms with Crippen LogP contribution >= 0.6 is 0 Å². The topological polar surface area (TPSA) is 113 Å². The first-order valence-corrected chi connectivity index (χ1v) is 3.26. The number of aliphatic hydroxyl groups excluding tert-OH is 1. The number of hydrogen-bond acceptors (Lipinski definition) is 5. The summed E-state index contributed by atoms with van der Waals surface area (Å²) >= 11 is 0. The molecule has 7 heteroatoms. The van der Waals surface area contributed by atoms with Crippen molar-refractivity contribution in [1.82, 2.24) is 0 Å². The zero-order valence-corrected chi connectivity index (χ0v) is 6.84. The number of rotatable bonds is 6. The third-order valence-corrected chi connectivity index (χ3v) is 1.11. The molecule has 0 saturated carbocycles. The van der Waals surface area contributed by atoms with Crippen molar-refractivity contribution in [2.75, 3.05) is 13.7 Å². The summed E-state index contributed by atoms with van der Waals surface area (Å²) in [4.78, 5) is 20.2. The Morgan fingerprint density at radius 1 is 1.38 bits per heavy atom. The van der Waals surface area contributed by atoms with Gasteiger partial charge in [-0.25, -0.2) is 9.59 Å². The van der Waals surface area contributed by atoms with E-state index in [-0.39, 0.29) is 0 Å². The third-order valence-electron chi connectivity index (χ3n) is 1.11. The maximum Gasteiger partial charge on any atom is 0.337 e. The molecule has 0 aliphatic rings. The van der Waals surface area contributed by atoms with Crippen LogP contribution < -0.4 is 0 Å². The quantitative estimate of drug-likeness (QED) is 0.441. The fourth-order valence-electron chi connectivity index (χ4n) is 0.558. The van der Waals surface area contributed by atoms with E-state index < -0.39 is 30.9 Å². The molecule has 0 aromatic rings. The van der Waals surface area contributed by atoms with E-state index in [0.29, 0.717) is 0 Å². The van der Waals surface area contributed by atoms with E-state index in [1.807, 2.05) is 0 Å². The summed E-state index contributed by atoms with van der Waals surface area (Å²) in [6, 6.07) is 0. The van der Waals surface area contributed by atoms with Gasteiger partial charge in [0.2, 0.25) is 6.10 Å². The third kappa shape index (κ3) is 4.41. The van der Waals surface area contributed by atoms with Gasteiger partial charge in [0.25, 0.3) is 0 Å². The summed E-state index contributed by atoms with van der Waals surface area (Å²) in [6.45, 7) is -0.733. The Labute approximate surface area is 73.5 Å². The number of aliphatic hydroxyl groups is 1. The van der Waals surface area contributed by atoms with Crippen LogP contribution in [0.1, 0.15) is 0 Å². The number of carboxylic acids is 2. The Bertz CT molecular complexity index is 189. The molecule has 0 aromatic carbocycles. The van der Waals surface area contributed by atoms with Gasteiger partial charge in [-0.1, -0.05) is 0 Å². The van der Waals surface area contributed by atoms with Gasteiger partial charge in [-0.15, -0.1) is 0 Å². The molecule has 13 heavy (non-hydrogen) atoms. The molecule has 0 radical (unpaired) electrons. The van der Waals surface area contributed by atoms with Crippen LogP contribution in [0.25, 0.3) is 0 Å². The first kappa shape index (κ1) is 11.8. The van der Waals surface area contributed by atoms with E-state index in [9.17, 15) is 9.59 Å². The lowest BCUT2D eigenvalue weighted by atomic mass is 10.3. The average molecular weight is 194 g/mol. The van der Waals surface area contributed by atoms with Crippen LogP contribution in [0.5, 0.6) is 0 Å². The number of aliphatic carboxylic acids is 2. The minimum atomic E-state index is -1.90. The van der Waals surface area contributed by atoms with Gasteiger partial charge in [0.05, 0.1) is 0 Å². The molecule has 0 aliphatic carbocycles. The van der Waals surface area contributed by atoms with E-state index in [4.69, 9.17) is 15.3 Å². The SMILES string of the molecule is CO[C@@H](OCC(=O)O)[C@H](O)C(=O)O. The molecule has 7 nitrogen and oxygen atoms in total. The summed E-state index contributed by atoms with van der Waals surface area (Å²) in [5, 5.41) is 25.3. The molecule has 0 bridgehead atoms. The smallest absolute Gasteiger partial charge is 0.337 e. The Kier molecular flexibility index (Phi) is 4.97. The standard InChI is InChI=1S/C6H10O7/c1-12-6(4(9)5(10)11)13-2-3(7)8/h4,6,9H,2H2,1H3,(H,7,8)(H,10,11)/t4-,6+/m1/s1. The lowest BCUT2D eigenvalue weighted by Gasteiger charge is -2.17. The number of carbonyl (C=O) groups is 2. The van der Waals surface area contributed by atoms with E-state index in [0.717, 1.165) is 7.11 Å². The summed E-state index contributed by atoms with van der Waals surface area (Å²) in [7, 11) is 1.10. The summed E-state index contributed by atoms with van der Waals surface area (Å²) in [5.41, 5.74) is 0. The molecular weight excluding hydrogens is 184 g/mol. The van der Waals surface area contributed by atoms with Crippen molar-refractivity contribution >= 4 is 11.9 Å². The molecule has 3 N–H and O–H groups in total. The van der Waals surface area contributed by atoms with Crippen LogP contribution in [0.4, 0.5) is 0 Å². The summed E-state index contributed by atoms with van der Waals surface area (Å²) < 4.78 is 8.83. The molecule has 0 rings (SSSR count). The maximum absolute atomic E-state index is 10.2. The molecule has 0 spiro atoms. The molecule has 0 amide bonds. The maximum atomic E-state index is 10.2. The lowest BCUT2D eigenvalue weighted by molar-refractivity contribution is -0.201. The summed E-state index contributed by atoms with van der Waals surface area (Å²) in [6.07, 6.45) is -3.38. The van der Waals surface area contributed by atoms with Crippen LogP contribution in [-0.4, -0.2) is 53.4 Å². The van der Waals surface area contributed by atoms with E-state index in [1.165, 1.54) is 0 Å². The predicted molar refractivity (Wildman–Crippen MR) is 38.0 cm³/mol. The number of ether oxygens (including phenoxy) is 2. The second kappa shape index (κ2) is 5.46. The zero-order chi connectivity index (χ0) is 10.4. The second-order valence-corrected chi connectivity index (χ2v) is 2.09. The normalized spacial score (nSPS) is 14.9. The predicted octanol–water partition coefficient (Wildman–Crippen LogP) is -1.49. The van der Waals surface area contributed by atoms with Crippen LogP contribution in [0.2, 0.25) is 0 Å². The first-order chi connectivity index (χ1) is 5.99. The summed E-state index contributed by atoms with van der Waals surface area (Å²) in [5.74, 6) is -2.82. The van der Waals surface area contributed by atoms with Gasteiger partial charge in [0.15, 0.2) is 6.29 Å². The van der Waals surface area contributed by atoms with Gasteiger partial charge in [-0.2, -0.15) is 0 Å². The van der Waals surface area contributed by atoms with Crippen molar-refractivity contribution in [2.24, 2.45) is 0 Å². The van der Waals surface area contributed by atoms with Gasteiger partial charge in [-0.05, 0) is 0 Å². The molecule has 76 valence electrons. The Morgan fingerprint density at radius 3 is 2.23 bits per heavy atom. The van der Waals surface area contributed by atoms with Crippen molar-refractivity contribution in [2.45, 2.75) is 12.4 Å². The average Bonchev–Trinajstić information content (AvgIpc) is 2.04.